The van der Waals surface area contributed by atoms with Crippen LogP contribution in [0.5, 0.6) is 0 Å². The van der Waals surface area contributed by atoms with Crippen molar-refractivity contribution < 1.29 is 14.7 Å². The molecule has 0 bridgehead atoms. The van der Waals surface area contributed by atoms with Crippen molar-refractivity contribution in [2.45, 2.75) is 0 Å². The number of rotatable bonds is 0. The summed E-state index contributed by atoms with van der Waals surface area (Å²) < 4.78 is 0.834. The minimum Gasteiger partial charge on any atom is -0.506 e. The first-order valence-corrected chi connectivity index (χ1v) is 5.94. The van der Waals surface area contributed by atoms with Gasteiger partial charge in [-0.2, -0.15) is 0 Å². The molecule has 3 nitrogen and oxygen atoms in total. The Kier molecular flexibility index (Phi) is 3.54. The Hall–Kier alpha value is 0.810. The van der Waals surface area contributed by atoms with Crippen LogP contribution in [0.25, 0.3) is 0 Å². The van der Waals surface area contributed by atoms with Gasteiger partial charge in [0.25, 0.3) is 0 Å². The van der Waals surface area contributed by atoms with Crippen LogP contribution in [0.1, 0.15) is 0 Å². The van der Waals surface area contributed by atoms with E-state index in [9.17, 15) is 14.7 Å². The van der Waals surface area contributed by atoms with Crippen molar-refractivity contribution >= 4 is 79.3 Å². The summed E-state index contributed by atoms with van der Waals surface area (Å²) in [6, 6.07) is 0. The van der Waals surface area contributed by atoms with E-state index in [1.54, 1.807) is 45.2 Å². The molecule has 0 unspecified atom stereocenters. The third kappa shape index (κ3) is 1.69. The monoisotopic (exact) mass is 502 g/mol. The fourth-order valence-corrected chi connectivity index (χ4v) is 2.65. The smallest absolute Gasteiger partial charge is 0.243 e. The van der Waals surface area contributed by atoms with Crippen LogP contribution < -0.4 is 0 Å². The predicted molar refractivity (Wildman–Crippen MR) is 68.8 cm³/mol. The van der Waals surface area contributed by atoms with Crippen molar-refractivity contribution in [1.82, 2.24) is 0 Å². The molecule has 1 rings (SSSR count). The van der Waals surface area contributed by atoms with Gasteiger partial charge in [0.1, 0.15) is 9.34 Å². The SMILES string of the molecule is O=C1C(=O)C(I)=C(I)C(O)=C1I. The molecule has 0 amide bonds. The van der Waals surface area contributed by atoms with Crippen LogP contribution in [0.4, 0.5) is 0 Å². The maximum Gasteiger partial charge on any atom is 0.243 e. The van der Waals surface area contributed by atoms with E-state index in [-0.39, 0.29) is 12.9 Å². The van der Waals surface area contributed by atoms with Gasteiger partial charge in [-0.1, -0.05) is 0 Å². The van der Waals surface area contributed by atoms with E-state index in [4.69, 9.17) is 0 Å². The van der Waals surface area contributed by atoms with Crippen molar-refractivity contribution in [2.75, 3.05) is 0 Å². The second-order valence-electron chi connectivity index (χ2n) is 1.95. The van der Waals surface area contributed by atoms with E-state index in [1.165, 1.54) is 0 Å². The molecule has 0 fully saturated rings. The summed E-state index contributed by atoms with van der Waals surface area (Å²) in [7, 11) is 0. The van der Waals surface area contributed by atoms with Crippen molar-refractivity contribution in [1.29, 1.82) is 0 Å². The van der Waals surface area contributed by atoms with Crippen LogP contribution in [-0.4, -0.2) is 16.7 Å². The molecule has 1 aliphatic rings. The molecule has 0 saturated carbocycles. The number of aliphatic hydroxyl groups excluding tert-OH is 1. The van der Waals surface area contributed by atoms with Crippen LogP contribution in [-0.2, 0) is 9.59 Å². The fraction of sp³-hybridized carbons (Fsp3) is 0. The Balaban J connectivity index is 3.37. The highest BCUT2D eigenvalue weighted by molar-refractivity contribution is 14.1. The minimum absolute atomic E-state index is 0.0924. The highest BCUT2D eigenvalue weighted by Gasteiger charge is 2.31. The van der Waals surface area contributed by atoms with Crippen molar-refractivity contribution in [3.05, 3.63) is 16.5 Å². The molecule has 0 radical (unpaired) electrons. The molecule has 0 aromatic heterocycles. The molecule has 1 aliphatic carbocycles. The number of carbonyl (C=O) groups excluding carboxylic acids is 2. The van der Waals surface area contributed by atoms with E-state index in [0.29, 0.717) is 3.58 Å². The lowest BCUT2D eigenvalue weighted by Crippen LogP contribution is -2.19. The van der Waals surface area contributed by atoms with Gasteiger partial charge in [-0.15, -0.1) is 0 Å². The lowest BCUT2D eigenvalue weighted by Gasteiger charge is -2.10. The Morgan fingerprint density at radius 3 is 1.75 bits per heavy atom. The summed E-state index contributed by atoms with van der Waals surface area (Å²) >= 11 is 5.26. The number of hydrogen-bond donors (Lipinski definition) is 1. The summed E-state index contributed by atoms with van der Waals surface area (Å²) in [5.41, 5.74) is 0. The number of hydrogen-bond acceptors (Lipinski definition) is 3. The molecule has 1 N–H and O–H groups in total. The minimum atomic E-state index is -0.627. The predicted octanol–water partition coefficient (Wildman–Crippen LogP) is 2.42. The van der Waals surface area contributed by atoms with Crippen LogP contribution >= 0.6 is 67.8 Å². The maximum absolute atomic E-state index is 11.1. The summed E-state index contributed by atoms with van der Waals surface area (Å²) in [6.45, 7) is 0. The van der Waals surface area contributed by atoms with Gasteiger partial charge in [0.15, 0.2) is 0 Å². The van der Waals surface area contributed by atoms with E-state index in [1.807, 2.05) is 22.6 Å². The lowest BCUT2D eigenvalue weighted by atomic mass is 10.1. The first-order valence-electron chi connectivity index (χ1n) is 2.70. The highest BCUT2D eigenvalue weighted by Crippen LogP contribution is 2.34. The second kappa shape index (κ2) is 3.90. The number of allylic oxidation sites excluding steroid dienone is 3. The molecular weight excluding hydrogens is 501 g/mol. The average Bonchev–Trinajstić information content (AvgIpc) is 2.08. The first kappa shape index (κ1) is 10.9. The van der Waals surface area contributed by atoms with Crippen LogP contribution in [0.3, 0.4) is 0 Å². The van der Waals surface area contributed by atoms with Gasteiger partial charge in [-0.25, -0.2) is 0 Å². The Morgan fingerprint density at radius 2 is 1.25 bits per heavy atom. The zero-order chi connectivity index (χ0) is 9.46. The standard InChI is InChI=1S/C6HI3O3/c7-1-2(8)5(11)6(12)3(9)4(1)10/h10H. The van der Waals surface area contributed by atoms with Crippen molar-refractivity contribution in [3.8, 4) is 0 Å². The molecule has 0 spiro atoms. The molecule has 6 heteroatoms. The summed E-state index contributed by atoms with van der Waals surface area (Å²) in [6.07, 6.45) is 0. The highest BCUT2D eigenvalue weighted by atomic mass is 127. The molecular formula is C6HI3O3. The Labute approximate surface area is 109 Å². The quantitative estimate of drug-likeness (QED) is 0.315. The number of Topliss-reactive ketones (excluding diaryl/α,β-unsaturated/α-hetero) is 2. The molecule has 0 atom stereocenters. The van der Waals surface area contributed by atoms with Crippen LogP contribution in [0.2, 0.25) is 0 Å². The number of ketones is 2. The molecule has 0 aromatic carbocycles. The largest absolute Gasteiger partial charge is 0.506 e. The molecule has 0 aromatic rings. The van der Waals surface area contributed by atoms with E-state index in [0.717, 1.165) is 0 Å². The lowest BCUT2D eigenvalue weighted by molar-refractivity contribution is -0.131. The van der Waals surface area contributed by atoms with E-state index < -0.39 is 11.6 Å². The van der Waals surface area contributed by atoms with E-state index in [2.05, 4.69) is 0 Å². The average molecular weight is 502 g/mol. The number of carbonyl (C=O) groups is 2. The third-order valence-electron chi connectivity index (χ3n) is 1.21. The second-order valence-corrected chi connectivity index (χ2v) is 5.19. The van der Waals surface area contributed by atoms with Gasteiger partial charge in [-0.05, 0) is 67.8 Å². The third-order valence-corrected chi connectivity index (χ3v) is 5.33. The molecule has 0 heterocycles. The first-order chi connectivity index (χ1) is 5.46. The molecule has 0 aliphatic heterocycles. The van der Waals surface area contributed by atoms with Crippen LogP contribution in [0, 0.1) is 0 Å². The van der Waals surface area contributed by atoms with Gasteiger partial charge in [0, 0.05) is 0 Å². The molecule has 0 saturated heterocycles. The van der Waals surface area contributed by atoms with E-state index >= 15 is 0 Å². The number of aliphatic hydroxyl groups is 1. The fourth-order valence-electron chi connectivity index (χ4n) is 0.607. The van der Waals surface area contributed by atoms with Gasteiger partial charge >= 0.3 is 0 Å². The van der Waals surface area contributed by atoms with Gasteiger partial charge in [0.2, 0.25) is 11.6 Å². The topological polar surface area (TPSA) is 54.4 Å². The maximum atomic E-state index is 11.1. The summed E-state index contributed by atoms with van der Waals surface area (Å²) in [5, 5.41) is 9.33. The van der Waals surface area contributed by atoms with Gasteiger partial charge < -0.3 is 5.11 Å². The zero-order valence-corrected chi connectivity index (χ0v) is 11.9. The summed E-state index contributed by atoms with van der Waals surface area (Å²) in [4.78, 5) is 22.2. The molecule has 64 valence electrons. The van der Waals surface area contributed by atoms with Gasteiger partial charge in [-0.3, -0.25) is 9.59 Å². The van der Waals surface area contributed by atoms with Crippen LogP contribution in [0.15, 0.2) is 16.5 Å². The zero-order valence-electron chi connectivity index (χ0n) is 5.40. The van der Waals surface area contributed by atoms with Gasteiger partial charge in [0.05, 0.1) is 7.16 Å². The Morgan fingerprint density at radius 1 is 0.833 bits per heavy atom. The molecule has 12 heavy (non-hydrogen) atoms. The van der Waals surface area contributed by atoms with Crippen molar-refractivity contribution in [2.24, 2.45) is 0 Å². The van der Waals surface area contributed by atoms with Crippen molar-refractivity contribution in [3.63, 3.8) is 0 Å². The summed E-state index contributed by atoms with van der Waals surface area (Å²) in [5.74, 6) is -1.26. The Bertz CT molecular complexity index is 291. The number of halogens is 3. The normalized spacial score (nSPS) is 19.2.